The van der Waals surface area contributed by atoms with Crippen LogP contribution < -0.4 is 5.32 Å². The van der Waals surface area contributed by atoms with Crippen molar-refractivity contribution < 1.29 is 9.13 Å². The molecule has 0 radical (unpaired) electrons. The van der Waals surface area contributed by atoms with Gasteiger partial charge in [-0.3, -0.25) is 0 Å². The van der Waals surface area contributed by atoms with Crippen LogP contribution in [0.3, 0.4) is 0 Å². The maximum Gasteiger partial charge on any atom is 0.147 e. The largest absolute Gasteiger partial charge is 0.380 e. The normalized spacial score (nSPS) is 13.5. The van der Waals surface area contributed by atoms with Gasteiger partial charge in [0.15, 0.2) is 0 Å². The van der Waals surface area contributed by atoms with Gasteiger partial charge in [-0.2, -0.15) is 0 Å². The molecule has 0 spiro atoms. The molecular weight excluding hydrogens is 241 g/mol. The lowest BCUT2D eigenvalue weighted by Gasteiger charge is -2.27. The van der Waals surface area contributed by atoms with E-state index in [0.717, 1.165) is 6.42 Å². The number of hydrogen-bond donors (Lipinski definition) is 1. The Morgan fingerprint density at radius 1 is 1.47 bits per heavy atom. The molecule has 0 fully saturated rings. The Labute approximate surface area is 107 Å². The molecule has 96 valence electrons. The zero-order chi connectivity index (χ0) is 13.1. The van der Waals surface area contributed by atoms with Crippen molar-refractivity contribution in [2.75, 3.05) is 12.4 Å². The Balaban J connectivity index is 2.65. The summed E-state index contributed by atoms with van der Waals surface area (Å²) in [5.74, 6) is -0.334. The molecule has 4 heteroatoms. The Morgan fingerprint density at radius 2 is 2.12 bits per heavy atom. The van der Waals surface area contributed by atoms with Gasteiger partial charge in [-0.25, -0.2) is 4.39 Å². The minimum Gasteiger partial charge on any atom is -0.380 e. The highest BCUT2D eigenvalue weighted by molar-refractivity contribution is 6.30. The van der Waals surface area contributed by atoms with E-state index in [1.165, 1.54) is 6.07 Å². The standard InChI is InChI=1S/C13H19ClFNO/c1-9(8-13(2,3)17-4)16-12-6-5-10(14)7-11(12)15/h5-7,9,16H,8H2,1-4H3. The van der Waals surface area contributed by atoms with Gasteiger partial charge in [0.05, 0.1) is 11.3 Å². The smallest absolute Gasteiger partial charge is 0.147 e. The van der Waals surface area contributed by atoms with E-state index in [4.69, 9.17) is 16.3 Å². The van der Waals surface area contributed by atoms with E-state index in [1.807, 2.05) is 20.8 Å². The van der Waals surface area contributed by atoms with Crippen LogP contribution in [0.4, 0.5) is 10.1 Å². The molecule has 0 amide bonds. The van der Waals surface area contributed by atoms with Gasteiger partial charge in [-0.05, 0) is 45.4 Å². The molecule has 1 aromatic carbocycles. The number of rotatable bonds is 5. The van der Waals surface area contributed by atoms with Crippen LogP contribution in [0, 0.1) is 5.82 Å². The molecule has 0 aliphatic rings. The minimum atomic E-state index is -0.334. The molecule has 0 heterocycles. The van der Waals surface area contributed by atoms with Crippen LogP contribution >= 0.6 is 11.6 Å². The summed E-state index contributed by atoms with van der Waals surface area (Å²) >= 11 is 5.69. The van der Waals surface area contributed by atoms with Crippen LogP contribution in [-0.4, -0.2) is 18.8 Å². The summed E-state index contributed by atoms with van der Waals surface area (Å²) in [6, 6.07) is 4.73. The first kappa shape index (κ1) is 14.3. The summed E-state index contributed by atoms with van der Waals surface area (Å²) < 4.78 is 18.9. The number of benzene rings is 1. The van der Waals surface area contributed by atoms with Gasteiger partial charge in [0.25, 0.3) is 0 Å². The predicted octanol–water partition coefficient (Wildman–Crippen LogP) is 4.09. The Kier molecular flexibility index (Phi) is 4.78. The van der Waals surface area contributed by atoms with Crippen molar-refractivity contribution in [3.63, 3.8) is 0 Å². The molecule has 1 N–H and O–H groups in total. The summed E-state index contributed by atoms with van der Waals surface area (Å²) in [6.45, 7) is 6.00. The van der Waals surface area contributed by atoms with Crippen LogP contribution in [0.2, 0.25) is 5.02 Å². The van der Waals surface area contributed by atoms with E-state index in [9.17, 15) is 4.39 Å². The molecule has 0 saturated carbocycles. The second kappa shape index (κ2) is 5.69. The van der Waals surface area contributed by atoms with Crippen molar-refractivity contribution >= 4 is 17.3 Å². The Bertz CT molecular complexity index is 382. The zero-order valence-corrected chi connectivity index (χ0v) is 11.4. The molecule has 1 atom stereocenters. The number of nitrogens with one attached hydrogen (secondary N) is 1. The molecule has 1 rings (SSSR count). The van der Waals surface area contributed by atoms with E-state index >= 15 is 0 Å². The summed E-state index contributed by atoms with van der Waals surface area (Å²) in [5, 5.41) is 3.52. The van der Waals surface area contributed by atoms with Crippen LogP contribution in [0.1, 0.15) is 27.2 Å². The van der Waals surface area contributed by atoms with E-state index in [2.05, 4.69) is 5.32 Å². The average molecular weight is 260 g/mol. The van der Waals surface area contributed by atoms with Gasteiger partial charge in [0.1, 0.15) is 5.82 Å². The van der Waals surface area contributed by atoms with E-state index < -0.39 is 0 Å². The van der Waals surface area contributed by atoms with Gasteiger partial charge >= 0.3 is 0 Å². The Hall–Kier alpha value is -0.800. The molecule has 0 aliphatic carbocycles. The summed E-state index contributed by atoms with van der Waals surface area (Å²) in [7, 11) is 1.68. The molecule has 0 aliphatic heterocycles. The fraction of sp³-hybridized carbons (Fsp3) is 0.538. The predicted molar refractivity (Wildman–Crippen MR) is 70.2 cm³/mol. The highest BCUT2D eigenvalue weighted by Crippen LogP contribution is 2.22. The maximum atomic E-state index is 13.5. The lowest BCUT2D eigenvalue weighted by Crippen LogP contribution is -2.31. The fourth-order valence-corrected chi connectivity index (χ4v) is 1.90. The van der Waals surface area contributed by atoms with Crippen LogP contribution in [0.25, 0.3) is 0 Å². The number of anilines is 1. The molecule has 0 saturated heterocycles. The highest BCUT2D eigenvalue weighted by Gasteiger charge is 2.20. The molecule has 0 bridgehead atoms. The lowest BCUT2D eigenvalue weighted by molar-refractivity contribution is 0.0128. The first-order valence-electron chi connectivity index (χ1n) is 5.61. The zero-order valence-electron chi connectivity index (χ0n) is 10.7. The van der Waals surface area contributed by atoms with Gasteiger partial charge in [0.2, 0.25) is 0 Å². The summed E-state index contributed by atoms with van der Waals surface area (Å²) in [6.07, 6.45) is 0.783. The van der Waals surface area contributed by atoms with Crippen LogP contribution in [0.5, 0.6) is 0 Å². The fourth-order valence-electron chi connectivity index (χ4n) is 1.74. The number of ether oxygens (including phenoxy) is 1. The van der Waals surface area contributed by atoms with Crippen molar-refractivity contribution in [2.24, 2.45) is 0 Å². The quantitative estimate of drug-likeness (QED) is 0.860. The number of methoxy groups -OCH3 is 1. The average Bonchev–Trinajstić information content (AvgIpc) is 2.21. The van der Waals surface area contributed by atoms with Crippen LogP contribution in [0.15, 0.2) is 18.2 Å². The summed E-state index contributed by atoms with van der Waals surface area (Å²) in [4.78, 5) is 0. The molecule has 17 heavy (non-hydrogen) atoms. The van der Waals surface area contributed by atoms with E-state index in [-0.39, 0.29) is 17.5 Å². The molecule has 1 aromatic rings. The van der Waals surface area contributed by atoms with Crippen molar-refractivity contribution in [1.29, 1.82) is 0 Å². The third-order valence-corrected chi connectivity index (χ3v) is 2.92. The molecule has 2 nitrogen and oxygen atoms in total. The second-order valence-corrected chi connectivity index (χ2v) is 5.27. The van der Waals surface area contributed by atoms with Crippen molar-refractivity contribution in [1.82, 2.24) is 0 Å². The molecule has 1 unspecified atom stereocenters. The number of halogens is 2. The summed E-state index contributed by atoms with van der Waals surface area (Å²) in [5.41, 5.74) is 0.240. The minimum absolute atomic E-state index is 0.112. The van der Waals surface area contributed by atoms with Crippen molar-refractivity contribution in [2.45, 2.75) is 38.8 Å². The van der Waals surface area contributed by atoms with Gasteiger partial charge in [-0.15, -0.1) is 0 Å². The van der Waals surface area contributed by atoms with Crippen molar-refractivity contribution in [3.8, 4) is 0 Å². The first-order chi connectivity index (χ1) is 7.84. The Morgan fingerprint density at radius 3 is 2.65 bits per heavy atom. The van der Waals surface area contributed by atoms with Gasteiger partial charge in [0, 0.05) is 18.2 Å². The van der Waals surface area contributed by atoms with E-state index in [1.54, 1.807) is 19.2 Å². The van der Waals surface area contributed by atoms with Gasteiger partial charge < -0.3 is 10.1 Å². The topological polar surface area (TPSA) is 21.3 Å². The monoisotopic (exact) mass is 259 g/mol. The second-order valence-electron chi connectivity index (χ2n) is 4.84. The molecule has 0 aromatic heterocycles. The van der Waals surface area contributed by atoms with Crippen molar-refractivity contribution in [3.05, 3.63) is 29.0 Å². The first-order valence-corrected chi connectivity index (χ1v) is 5.98. The lowest BCUT2D eigenvalue weighted by atomic mass is 9.99. The SMILES string of the molecule is COC(C)(C)CC(C)Nc1ccc(Cl)cc1F. The highest BCUT2D eigenvalue weighted by atomic mass is 35.5. The van der Waals surface area contributed by atoms with Crippen LogP contribution in [-0.2, 0) is 4.74 Å². The maximum absolute atomic E-state index is 13.5. The molecular formula is C13H19ClFNO. The van der Waals surface area contributed by atoms with Gasteiger partial charge in [-0.1, -0.05) is 11.6 Å². The third kappa shape index (κ3) is 4.52. The van der Waals surface area contributed by atoms with E-state index in [0.29, 0.717) is 10.7 Å². The third-order valence-electron chi connectivity index (χ3n) is 2.68. The number of hydrogen-bond acceptors (Lipinski definition) is 2.